The van der Waals surface area contributed by atoms with Crippen LogP contribution in [0, 0.1) is 5.82 Å². The monoisotopic (exact) mass is 460 g/mol. The first-order valence-corrected chi connectivity index (χ1v) is 10.6. The van der Waals surface area contributed by atoms with Crippen LogP contribution in [0.1, 0.15) is 0 Å². The number of hydrogen-bond acceptors (Lipinski definition) is 7. The fraction of sp³-hybridized carbons (Fsp3) is 0.167. The second-order valence-corrected chi connectivity index (χ2v) is 7.47. The number of phenols is 1. The highest BCUT2D eigenvalue weighted by Crippen LogP contribution is 2.27. The fourth-order valence-electron chi connectivity index (χ4n) is 3.43. The molecule has 0 bridgehead atoms. The molecule has 9 nitrogen and oxygen atoms in total. The summed E-state index contributed by atoms with van der Waals surface area (Å²) in [6, 6.07) is 13.5. The van der Waals surface area contributed by atoms with E-state index in [1.54, 1.807) is 24.8 Å². The number of nitrogens with zero attached hydrogens (tertiary/aromatic N) is 6. The third kappa shape index (κ3) is 4.71. The largest absolute Gasteiger partial charge is 0.505 e. The average Bonchev–Trinajstić information content (AvgIpc) is 3.55. The van der Waals surface area contributed by atoms with Crippen LogP contribution in [0.15, 0.2) is 73.4 Å². The van der Waals surface area contributed by atoms with Gasteiger partial charge in [0.05, 0.1) is 37.1 Å². The molecule has 0 atom stereocenters. The lowest BCUT2D eigenvalue weighted by Gasteiger charge is -2.10. The zero-order valence-electron chi connectivity index (χ0n) is 18.1. The Labute approximate surface area is 194 Å². The highest BCUT2D eigenvalue weighted by atomic mass is 19.1. The molecule has 34 heavy (non-hydrogen) atoms. The number of benzene rings is 2. The Bertz CT molecular complexity index is 1400. The Balaban J connectivity index is 1.28. The van der Waals surface area contributed by atoms with E-state index >= 15 is 0 Å². The maximum Gasteiger partial charge on any atom is 0.166 e. The van der Waals surface area contributed by atoms with E-state index in [9.17, 15) is 9.50 Å². The lowest BCUT2D eigenvalue weighted by atomic mass is 10.1. The third-order valence-electron chi connectivity index (χ3n) is 5.17. The summed E-state index contributed by atoms with van der Waals surface area (Å²) in [6.45, 7) is 2.13. The molecular weight excluding hydrogens is 439 g/mol. The number of pyridine rings is 1. The second kappa shape index (κ2) is 9.67. The van der Waals surface area contributed by atoms with Crippen molar-refractivity contribution in [2.24, 2.45) is 0 Å². The van der Waals surface area contributed by atoms with Crippen molar-refractivity contribution < 1.29 is 19.0 Å². The fourth-order valence-corrected chi connectivity index (χ4v) is 3.43. The molecule has 0 aliphatic carbocycles. The van der Waals surface area contributed by atoms with Crippen molar-refractivity contribution in [2.75, 3.05) is 19.8 Å². The SMILES string of the molecule is Oc1ccc(-n2cc(-c3ccc4cccc(OCCOCCn5ccnc5)c4n3)nn2)cc1F. The van der Waals surface area contributed by atoms with Crippen LogP contribution in [0.3, 0.4) is 0 Å². The maximum absolute atomic E-state index is 13.7. The predicted octanol–water partition coefficient (Wildman–Crippen LogP) is 3.62. The summed E-state index contributed by atoms with van der Waals surface area (Å²) in [5.41, 5.74) is 2.26. The molecule has 5 aromatic rings. The molecule has 0 unspecified atom stereocenters. The number of imidazole rings is 1. The van der Waals surface area contributed by atoms with Crippen molar-refractivity contribution in [1.82, 2.24) is 29.5 Å². The van der Waals surface area contributed by atoms with Gasteiger partial charge in [-0.2, -0.15) is 0 Å². The Morgan fingerprint density at radius 3 is 2.79 bits per heavy atom. The van der Waals surface area contributed by atoms with Gasteiger partial charge in [0.1, 0.15) is 23.6 Å². The van der Waals surface area contributed by atoms with Gasteiger partial charge >= 0.3 is 0 Å². The highest BCUT2D eigenvalue weighted by Gasteiger charge is 2.11. The topological polar surface area (TPSA) is 100 Å². The number of fused-ring (bicyclic) bond motifs is 1. The van der Waals surface area contributed by atoms with Crippen molar-refractivity contribution in [3.8, 4) is 28.6 Å². The minimum atomic E-state index is -0.731. The normalized spacial score (nSPS) is 11.2. The molecule has 0 spiro atoms. The molecule has 0 aliphatic rings. The molecule has 0 fully saturated rings. The number of halogens is 1. The quantitative estimate of drug-likeness (QED) is 0.335. The van der Waals surface area contributed by atoms with Gasteiger partial charge < -0.3 is 19.1 Å². The van der Waals surface area contributed by atoms with Gasteiger partial charge in [-0.05, 0) is 24.3 Å². The minimum absolute atomic E-state index is 0.386. The number of aromatic hydroxyl groups is 1. The third-order valence-corrected chi connectivity index (χ3v) is 5.17. The van der Waals surface area contributed by atoms with Crippen LogP contribution in [-0.4, -0.2) is 54.5 Å². The lowest BCUT2D eigenvalue weighted by molar-refractivity contribution is 0.0948. The van der Waals surface area contributed by atoms with Gasteiger partial charge in [0, 0.05) is 30.4 Å². The van der Waals surface area contributed by atoms with Gasteiger partial charge in [0.15, 0.2) is 11.6 Å². The summed E-state index contributed by atoms with van der Waals surface area (Å²) in [5, 5.41) is 18.5. The van der Waals surface area contributed by atoms with Crippen LogP contribution in [0.25, 0.3) is 28.0 Å². The zero-order chi connectivity index (χ0) is 23.3. The van der Waals surface area contributed by atoms with Crippen LogP contribution >= 0.6 is 0 Å². The van der Waals surface area contributed by atoms with Crippen LogP contribution < -0.4 is 4.74 Å². The van der Waals surface area contributed by atoms with Crippen molar-refractivity contribution in [3.05, 3.63) is 79.3 Å². The Hall–Kier alpha value is -4.31. The molecule has 172 valence electrons. The van der Waals surface area contributed by atoms with Gasteiger partial charge in [-0.25, -0.2) is 19.0 Å². The van der Waals surface area contributed by atoms with E-state index < -0.39 is 11.6 Å². The van der Waals surface area contributed by atoms with Gasteiger partial charge in [0.2, 0.25) is 0 Å². The van der Waals surface area contributed by atoms with Crippen LogP contribution in [-0.2, 0) is 11.3 Å². The molecule has 0 saturated heterocycles. The van der Waals surface area contributed by atoms with Crippen LogP contribution in [0.4, 0.5) is 4.39 Å². The average molecular weight is 460 g/mol. The molecule has 0 amide bonds. The number of aromatic nitrogens is 6. The second-order valence-electron chi connectivity index (χ2n) is 7.47. The summed E-state index contributed by atoms with van der Waals surface area (Å²) in [4.78, 5) is 8.73. The van der Waals surface area contributed by atoms with E-state index in [4.69, 9.17) is 14.5 Å². The maximum atomic E-state index is 13.7. The first kappa shape index (κ1) is 21.5. The standard InChI is InChI=1S/C24H21FN6O3/c25-19-14-18(5-7-22(19)32)31-15-21(28-29-31)20-6-4-17-2-1-3-23(24(17)27-20)34-13-12-33-11-10-30-9-8-26-16-30/h1-9,14-16,32H,10-13H2. The van der Waals surface area contributed by atoms with E-state index in [1.807, 2.05) is 41.1 Å². The zero-order valence-corrected chi connectivity index (χ0v) is 18.1. The Kier molecular flexibility index (Phi) is 6.13. The predicted molar refractivity (Wildman–Crippen MR) is 122 cm³/mol. The van der Waals surface area contributed by atoms with Gasteiger partial charge in [-0.1, -0.05) is 23.4 Å². The number of ether oxygens (including phenoxy) is 2. The Morgan fingerprint density at radius 1 is 1.00 bits per heavy atom. The molecule has 0 radical (unpaired) electrons. The number of rotatable bonds is 9. The molecule has 10 heteroatoms. The van der Waals surface area contributed by atoms with Gasteiger partial charge in [-0.3, -0.25) is 0 Å². The summed E-state index contributed by atoms with van der Waals surface area (Å²) in [7, 11) is 0. The van der Waals surface area contributed by atoms with Crippen LogP contribution in [0.2, 0.25) is 0 Å². The molecule has 3 aromatic heterocycles. The summed E-state index contributed by atoms with van der Waals surface area (Å²) >= 11 is 0. The number of phenolic OH excluding ortho intramolecular Hbond substituents is 1. The molecular formula is C24H21FN6O3. The first-order valence-electron chi connectivity index (χ1n) is 10.6. The van der Waals surface area contributed by atoms with Crippen molar-refractivity contribution in [3.63, 3.8) is 0 Å². The van der Waals surface area contributed by atoms with Crippen molar-refractivity contribution in [1.29, 1.82) is 0 Å². The molecule has 5 rings (SSSR count). The van der Waals surface area contributed by atoms with Gasteiger partial charge in [0.25, 0.3) is 0 Å². The summed E-state index contributed by atoms with van der Waals surface area (Å²) in [5.74, 6) is -0.507. The van der Waals surface area contributed by atoms with E-state index in [1.165, 1.54) is 16.8 Å². The molecule has 1 N–H and O–H groups in total. The van der Waals surface area contributed by atoms with E-state index in [0.29, 0.717) is 48.2 Å². The molecule has 3 heterocycles. The number of para-hydroxylation sites is 1. The van der Waals surface area contributed by atoms with Crippen molar-refractivity contribution in [2.45, 2.75) is 6.54 Å². The number of hydrogen-bond donors (Lipinski definition) is 1. The van der Waals surface area contributed by atoms with Crippen molar-refractivity contribution >= 4 is 10.9 Å². The van der Waals surface area contributed by atoms with E-state index in [0.717, 1.165) is 11.9 Å². The lowest BCUT2D eigenvalue weighted by Crippen LogP contribution is -2.11. The van der Waals surface area contributed by atoms with Crippen LogP contribution in [0.5, 0.6) is 11.5 Å². The minimum Gasteiger partial charge on any atom is -0.505 e. The first-order chi connectivity index (χ1) is 16.7. The van der Waals surface area contributed by atoms with E-state index in [2.05, 4.69) is 15.3 Å². The Morgan fingerprint density at radius 2 is 1.94 bits per heavy atom. The summed E-state index contributed by atoms with van der Waals surface area (Å²) in [6.07, 6.45) is 7.03. The molecule has 2 aromatic carbocycles. The van der Waals surface area contributed by atoms with E-state index in [-0.39, 0.29) is 0 Å². The molecule has 0 aliphatic heterocycles. The summed E-state index contributed by atoms with van der Waals surface area (Å²) < 4.78 is 28.6. The smallest absolute Gasteiger partial charge is 0.166 e. The highest BCUT2D eigenvalue weighted by molar-refractivity contribution is 5.86. The van der Waals surface area contributed by atoms with Gasteiger partial charge in [-0.15, -0.1) is 5.10 Å². The molecule has 0 saturated carbocycles.